The number of benzene rings is 2. The Hall–Kier alpha value is -4.19. The van der Waals surface area contributed by atoms with Crippen molar-refractivity contribution in [3.8, 4) is 22.8 Å². The largest absolute Gasteiger partial charge is 0.438 e. The van der Waals surface area contributed by atoms with E-state index in [4.69, 9.17) is 4.74 Å². The molecule has 2 aliphatic rings. The molecule has 4 aromatic rings. The zero-order valence-electron chi connectivity index (χ0n) is 27.3. The second-order valence-electron chi connectivity index (χ2n) is 12.6. The Morgan fingerprint density at radius 2 is 1.75 bits per heavy atom. The maximum absolute atomic E-state index is 14.3. The molecule has 6 rings (SSSR count). The molecular formula is C37H43FN6O3S. The molecular weight excluding hydrogens is 628 g/mol. The van der Waals surface area contributed by atoms with Crippen molar-refractivity contribution in [2.75, 3.05) is 32.7 Å². The standard InChI is InChI=1S/C37H43FN6O3S/c1-25-41-34(24-48-25)36(46)43-31-14-12-30(13-15-31)42-35(45)33-22-29(38)23-40-37(33)47-32-7-2-6-28(21-32)27-10-8-26(9-11-27)5-3-18-44-19-4-16-39-17-20-44/h2,6-11,21-24,30-31,39H,3-5,12-20H2,1H3,(H,42,45)(H,43,46). The Morgan fingerprint density at radius 1 is 0.979 bits per heavy atom. The molecule has 1 saturated heterocycles. The van der Waals surface area contributed by atoms with Crippen molar-refractivity contribution in [1.82, 2.24) is 30.8 Å². The van der Waals surface area contributed by atoms with Gasteiger partial charge in [0.1, 0.15) is 22.8 Å². The number of nitrogens with zero attached hydrogens (tertiary/aromatic N) is 3. The third kappa shape index (κ3) is 9.24. The molecule has 2 amide bonds. The number of aryl methyl sites for hydroxylation is 2. The second kappa shape index (κ2) is 16.3. The van der Waals surface area contributed by atoms with Crippen molar-refractivity contribution in [3.63, 3.8) is 0 Å². The normalized spacial score (nSPS) is 18.5. The van der Waals surface area contributed by atoms with E-state index in [0.717, 1.165) is 80.3 Å². The highest BCUT2D eigenvalue weighted by Crippen LogP contribution is 2.29. The van der Waals surface area contributed by atoms with Gasteiger partial charge in [0.15, 0.2) is 0 Å². The van der Waals surface area contributed by atoms with Gasteiger partial charge in [-0.15, -0.1) is 11.3 Å². The number of halogens is 1. The summed E-state index contributed by atoms with van der Waals surface area (Å²) in [5.74, 6) is -0.688. The third-order valence-corrected chi connectivity index (χ3v) is 9.79. The first-order valence-electron chi connectivity index (χ1n) is 16.9. The van der Waals surface area contributed by atoms with Gasteiger partial charge in [-0.1, -0.05) is 36.4 Å². The third-order valence-electron chi connectivity index (χ3n) is 9.02. The number of ether oxygens (including phenoxy) is 1. The first-order valence-corrected chi connectivity index (χ1v) is 17.8. The quantitative estimate of drug-likeness (QED) is 0.176. The van der Waals surface area contributed by atoms with Crippen LogP contribution in [0, 0.1) is 12.7 Å². The lowest BCUT2D eigenvalue weighted by Gasteiger charge is -2.29. The number of amides is 2. The molecule has 9 nitrogen and oxygen atoms in total. The molecule has 0 atom stereocenters. The molecule has 48 heavy (non-hydrogen) atoms. The van der Waals surface area contributed by atoms with Gasteiger partial charge in [-0.25, -0.2) is 14.4 Å². The molecule has 1 saturated carbocycles. The molecule has 1 aliphatic carbocycles. The van der Waals surface area contributed by atoms with Crippen LogP contribution in [-0.2, 0) is 6.42 Å². The van der Waals surface area contributed by atoms with Crippen molar-refractivity contribution in [3.05, 3.63) is 93.8 Å². The van der Waals surface area contributed by atoms with Gasteiger partial charge >= 0.3 is 0 Å². The lowest BCUT2D eigenvalue weighted by Crippen LogP contribution is -2.44. The zero-order valence-corrected chi connectivity index (χ0v) is 28.2. The van der Waals surface area contributed by atoms with Gasteiger partial charge in [0.25, 0.3) is 11.8 Å². The predicted molar refractivity (Wildman–Crippen MR) is 186 cm³/mol. The summed E-state index contributed by atoms with van der Waals surface area (Å²) in [6.45, 7) is 7.46. The Morgan fingerprint density at radius 3 is 2.50 bits per heavy atom. The van der Waals surface area contributed by atoms with E-state index in [1.54, 1.807) is 11.4 Å². The highest BCUT2D eigenvalue weighted by molar-refractivity contribution is 7.09. The highest BCUT2D eigenvalue weighted by Gasteiger charge is 2.26. The molecule has 3 N–H and O–H groups in total. The number of hydrogen-bond acceptors (Lipinski definition) is 8. The lowest BCUT2D eigenvalue weighted by molar-refractivity contribution is 0.0888. The Kier molecular flexibility index (Phi) is 11.4. The van der Waals surface area contributed by atoms with E-state index in [2.05, 4.69) is 55.1 Å². The Labute approximate surface area is 285 Å². The summed E-state index contributed by atoms with van der Waals surface area (Å²) >= 11 is 1.44. The molecule has 2 fully saturated rings. The van der Waals surface area contributed by atoms with Gasteiger partial charge in [0.05, 0.1) is 11.2 Å². The summed E-state index contributed by atoms with van der Waals surface area (Å²) in [7, 11) is 0. The fraction of sp³-hybridized carbons (Fsp3) is 0.405. The van der Waals surface area contributed by atoms with E-state index in [9.17, 15) is 14.0 Å². The number of hydrogen-bond donors (Lipinski definition) is 3. The lowest BCUT2D eigenvalue weighted by atomic mass is 9.91. The van der Waals surface area contributed by atoms with Gasteiger partial charge < -0.3 is 25.6 Å². The Bertz CT molecular complexity index is 1680. The Balaban J connectivity index is 1.03. The predicted octanol–water partition coefficient (Wildman–Crippen LogP) is 6.14. The van der Waals surface area contributed by atoms with E-state index in [-0.39, 0.29) is 29.4 Å². The summed E-state index contributed by atoms with van der Waals surface area (Å²) in [5, 5.41) is 12.1. The second-order valence-corrected chi connectivity index (χ2v) is 13.7. The maximum atomic E-state index is 14.3. The van der Waals surface area contributed by atoms with Gasteiger partial charge in [-0.3, -0.25) is 9.59 Å². The zero-order chi connectivity index (χ0) is 33.3. The fourth-order valence-corrected chi connectivity index (χ4v) is 6.98. The molecule has 0 radical (unpaired) electrons. The molecule has 0 bridgehead atoms. The van der Waals surface area contributed by atoms with Crippen LogP contribution in [0.4, 0.5) is 4.39 Å². The van der Waals surface area contributed by atoms with Crippen molar-refractivity contribution in [1.29, 1.82) is 0 Å². The average molecular weight is 671 g/mol. The van der Waals surface area contributed by atoms with Crippen molar-refractivity contribution < 1.29 is 18.7 Å². The molecule has 2 aromatic carbocycles. The average Bonchev–Trinajstić information content (AvgIpc) is 3.37. The van der Waals surface area contributed by atoms with Crippen LogP contribution in [0.25, 0.3) is 11.1 Å². The summed E-state index contributed by atoms with van der Waals surface area (Å²) in [5.41, 5.74) is 3.81. The fourth-order valence-electron chi connectivity index (χ4n) is 6.39. The summed E-state index contributed by atoms with van der Waals surface area (Å²) in [6, 6.07) is 17.3. The van der Waals surface area contributed by atoms with E-state index in [1.165, 1.54) is 29.9 Å². The topological polar surface area (TPSA) is 108 Å². The first-order chi connectivity index (χ1) is 23.4. The number of thiazole rings is 1. The van der Waals surface area contributed by atoms with E-state index in [0.29, 0.717) is 24.3 Å². The van der Waals surface area contributed by atoms with Crippen LogP contribution >= 0.6 is 11.3 Å². The maximum Gasteiger partial charge on any atom is 0.270 e. The number of nitrogens with one attached hydrogen (secondary N) is 3. The van der Waals surface area contributed by atoms with Gasteiger partial charge in [-0.05, 0) is 106 Å². The van der Waals surface area contributed by atoms with Gasteiger partial charge in [0, 0.05) is 30.6 Å². The smallest absolute Gasteiger partial charge is 0.270 e. The minimum Gasteiger partial charge on any atom is -0.438 e. The minimum absolute atomic E-state index is 0.0120. The molecule has 11 heteroatoms. The molecule has 1 aliphatic heterocycles. The van der Waals surface area contributed by atoms with Crippen LogP contribution in [0.5, 0.6) is 11.6 Å². The number of carbonyl (C=O) groups is 2. The molecule has 0 unspecified atom stereocenters. The van der Waals surface area contributed by atoms with Crippen LogP contribution in [0.2, 0.25) is 0 Å². The van der Waals surface area contributed by atoms with Gasteiger partial charge in [0.2, 0.25) is 5.88 Å². The van der Waals surface area contributed by atoms with Crippen molar-refractivity contribution in [2.24, 2.45) is 0 Å². The number of carbonyl (C=O) groups excluding carboxylic acids is 2. The van der Waals surface area contributed by atoms with Crippen LogP contribution in [-0.4, -0.2) is 71.5 Å². The summed E-state index contributed by atoms with van der Waals surface area (Å²) in [4.78, 5) is 36.8. The van der Waals surface area contributed by atoms with Crippen LogP contribution < -0.4 is 20.7 Å². The number of pyridine rings is 1. The van der Waals surface area contributed by atoms with Crippen LogP contribution in [0.1, 0.15) is 69.9 Å². The first kappa shape index (κ1) is 33.7. The minimum atomic E-state index is -0.617. The van der Waals surface area contributed by atoms with E-state index < -0.39 is 11.7 Å². The molecule has 0 spiro atoms. The van der Waals surface area contributed by atoms with Crippen molar-refractivity contribution in [2.45, 2.75) is 64.0 Å². The number of aromatic nitrogens is 2. The molecule has 252 valence electrons. The summed E-state index contributed by atoms with van der Waals surface area (Å²) in [6.07, 6.45) is 7.24. The van der Waals surface area contributed by atoms with Crippen LogP contribution in [0.3, 0.4) is 0 Å². The monoisotopic (exact) mass is 670 g/mol. The van der Waals surface area contributed by atoms with E-state index >= 15 is 0 Å². The van der Waals surface area contributed by atoms with Crippen molar-refractivity contribution >= 4 is 23.2 Å². The van der Waals surface area contributed by atoms with E-state index in [1.807, 2.05) is 25.1 Å². The van der Waals surface area contributed by atoms with Gasteiger partial charge in [-0.2, -0.15) is 0 Å². The SMILES string of the molecule is Cc1nc(C(=O)NC2CCC(NC(=O)c3cc(F)cnc3Oc3cccc(-c4ccc(CCCN5CCCNCC5)cc4)c3)CC2)cs1. The summed E-state index contributed by atoms with van der Waals surface area (Å²) < 4.78 is 20.4. The van der Waals surface area contributed by atoms with Crippen LogP contribution in [0.15, 0.2) is 66.2 Å². The number of rotatable bonds is 11. The highest BCUT2D eigenvalue weighted by atomic mass is 32.1. The molecule has 3 heterocycles. The molecule has 2 aromatic heterocycles.